The lowest BCUT2D eigenvalue weighted by atomic mass is 10.2. The molecule has 0 fully saturated rings. The second-order valence-electron chi connectivity index (χ2n) is 9.07. The number of carbonyl (C=O) groups excluding carboxylic acids is 1. The monoisotopic (exact) mass is 675 g/mol. The van der Waals surface area contributed by atoms with Crippen molar-refractivity contribution in [2.75, 3.05) is 11.1 Å². The molecule has 3 aromatic carbocycles. The quantitative estimate of drug-likeness (QED) is 0.129. The highest BCUT2D eigenvalue weighted by Crippen LogP contribution is 2.39. The van der Waals surface area contributed by atoms with Crippen LogP contribution in [0.1, 0.15) is 5.69 Å². The molecule has 13 heteroatoms. The first-order chi connectivity index (χ1) is 20.4. The summed E-state index contributed by atoms with van der Waals surface area (Å²) >= 11 is 7.51. The van der Waals surface area contributed by atoms with Crippen LogP contribution in [0.4, 0.5) is 15.8 Å². The van der Waals surface area contributed by atoms with Crippen molar-refractivity contribution in [2.45, 2.75) is 11.3 Å². The number of nitrogens with one attached hydrogen (secondary N) is 1. The molecule has 0 saturated carbocycles. The normalized spacial score (nSPS) is 11.5. The molecule has 6 aromatic rings. The number of fused-ring (bicyclic) bond motifs is 1. The summed E-state index contributed by atoms with van der Waals surface area (Å²) in [5.41, 5.74) is 3.51. The molecule has 0 atom stereocenters. The molecule has 210 valence electrons. The van der Waals surface area contributed by atoms with Gasteiger partial charge in [-0.15, -0.1) is 21.6 Å². The van der Waals surface area contributed by atoms with Crippen LogP contribution in [0.3, 0.4) is 0 Å². The third-order valence-electron chi connectivity index (χ3n) is 6.33. The minimum Gasteiger partial charge on any atom is -0.301 e. The van der Waals surface area contributed by atoms with E-state index in [1.54, 1.807) is 20.7 Å². The lowest BCUT2D eigenvalue weighted by molar-refractivity contribution is -0.113. The Bertz CT molecular complexity index is 1960. The molecule has 0 aliphatic carbocycles. The topological polar surface area (TPSA) is 107 Å². The molecular weight excluding hydrogens is 654 g/mol. The van der Waals surface area contributed by atoms with E-state index in [2.05, 4.69) is 41.4 Å². The maximum absolute atomic E-state index is 13.8. The Morgan fingerprint density at radius 2 is 1.71 bits per heavy atom. The summed E-state index contributed by atoms with van der Waals surface area (Å²) in [5.74, 6) is -0.0715. The SMILES string of the molecule is Cc1c(-c2nc(NC(=O)CSc3nc4ccccc4s3)sc2N=Nc2ccc(Br)cc2)c(=O)n(-c2ccccc2)n1C. The lowest BCUT2D eigenvalue weighted by Gasteiger charge is -2.07. The van der Waals surface area contributed by atoms with Crippen LogP contribution in [0.2, 0.25) is 0 Å². The predicted molar refractivity (Wildman–Crippen MR) is 174 cm³/mol. The Balaban J connectivity index is 1.32. The van der Waals surface area contributed by atoms with Crippen LogP contribution in [0, 0.1) is 6.92 Å². The van der Waals surface area contributed by atoms with E-state index in [0.717, 1.165) is 24.7 Å². The zero-order valence-electron chi connectivity index (χ0n) is 22.3. The lowest BCUT2D eigenvalue weighted by Crippen LogP contribution is -2.20. The Labute approximate surface area is 261 Å². The van der Waals surface area contributed by atoms with Crippen molar-refractivity contribution in [3.05, 3.63) is 99.4 Å². The molecule has 0 bridgehead atoms. The highest BCUT2D eigenvalue weighted by molar-refractivity contribution is 9.10. The smallest absolute Gasteiger partial charge is 0.281 e. The minimum atomic E-state index is -0.240. The molecule has 1 amide bonds. The number of azo groups is 1. The van der Waals surface area contributed by atoms with Crippen LogP contribution < -0.4 is 10.9 Å². The van der Waals surface area contributed by atoms with Crippen LogP contribution in [-0.4, -0.2) is 31.0 Å². The van der Waals surface area contributed by atoms with Gasteiger partial charge in [-0.3, -0.25) is 14.3 Å². The molecule has 0 aliphatic heterocycles. The van der Waals surface area contributed by atoms with Gasteiger partial charge in [-0.25, -0.2) is 14.6 Å². The van der Waals surface area contributed by atoms with Gasteiger partial charge >= 0.3 is 0 Å². The molecule has 0 spiro atoms. The molecule has 0 radical (unpaired) electrons. The molecular formula is C29H22BrN7O2S3. The number of nitrogens with zero attached hydrogens (tertiary/aromatic N) is 6. The number of halogens is 1. The van der Waals surface area contributed by atoms with E-state index >= 15 is 0 Å². The summed E-state index contributed by atoms with van der Waals surface area (Å²) in [6.07, 6.45) is 0. The van der Waals surface area contributed by atoms with Crippen molar-refractivity contribution in [2.24, 2.45) is 17.3 Å². The molecule has 6 rings (SSSR count). The van der Waals surface area contributed by atoms with Gasteiger partial charge in [-0.05, 0) is 55.5 Å². The fraction of sp³-hybridized carbons (Fsp3) is 0.103. The van der Waals surface area contributed by atoms with Crippen LogP contribution >= 0.6 is 50.4 Å². The zero-order valence-corrected chi connectivity index (χ0v) is 26.4. The number of hydrogen-bond donors (Lipinski definition) is 1. The van der Waals surface area contributed by atoms with Crippen LogP contribution in [-0.2, 0) is 11.8 Å². The number of benzene rings is 3. The van der Waals surface area contributed by atoms with Crippen LogP contribution in [0.15, 0.2) is 103 Å². The first kappa shape index (κ1) is 28.2. The van der Waals surface area contributed by atoms with Gasteiger partial charge < -0.3 is 5.32 Å². The third-order valence-corrected chi connectivity index (χ3v) is 9.89. The summed E-state index contributed by atoms with van der Waals surface area (Å²) in [4.78, 5) is 36.0. The molecule has 0 aliphatic rings. The van der Waals surface area contributed by atoms with Gasteiger partial charge in [0.05, 0.1) is 32.9 Å². The van der Waals surface area contributed by atoms with E-state index in [1.807, 2.05) is 92.8 Å². The standard InChI is InChI=1S/C29H22BrN7O2S3/c1-17-24(27(39)37(36(17)2)20-8-4-3-5-9-20)25-26(35-34-19-14-12-18(30)13-15-19)42-28(33-25)32-23(38)16-40-29-31-21-10-6-7-11-22(21)41-29/h3-15H,16H2,1-2H3,(H,32,33,38). The third kappa shape index (κ3) is 5.86. The fourth-order valence-corrected chi connectivity index (χ4v) is 7.19. The minimum absolute atomic E-state index is 0.162. The number of hydrogen-bond acceptors (Lipinski definition) is 9. The summed E-state index contributed by atoms with van der Waals surface area (Å²) in [7, 11) is 1.82. The first-order valence-corrected chi connectivity index (χ1v) is 16.1. The largest absolute Gasteiger partial charge is 0.301 e. The van der Waals surface area contributed by atoms with Gasteiger partial charge in [0.2, 0.25) is 5.91 Å². The zero-order chi connectivity index (χ0) is 29.2. The van der Waals surface area contributed by atoms with Crippen molar-refractivity contribution in [3.63, 3.8) is 0 Å². The van der Waals surface area contributed by atoms with Crippen molar-refractivity contribution in [3.8, 4) is 16.9 Å². The Hall–Kier alpha value is -3.91. The average molecular weight is 677 g/mol. The van der Waals surface area contributed by atoms with Gasteiger partial charge in [-0.2, -0.15) is 0 Å². The fourth-order valence-electron chi connectivity index (χ4n) is 4.24. The molecule has 3 heterocycles. The van der Waals surface area contributed by atoms with Gasteiger partial charge in [-0.1, -0.05) is 69.4 Å². The number of thioether (sulfide) groups is 1. The second-order valence-corrected chi connectivity index (χ2v) is 13.2. The van der Waals surface area contributed by atoms with Crippen LogP contribution in [0.5, 0.6) is 0 Å². The number of carbonyl (C=O) groups is 1. The van der Waals surface area contributed by atoms with Crippen molar-refractivity contribution in [1.82, 2.24) is 19.3 Å². The maximum Gasteiger partial charge on any atom is 0.281 e. The first-order valence-electron chi connectivity index (χ1n) is 12.7. The number of thiazole rings is 2. The van der Waals surface area contributed by atoms with E-state index in [-0.39, 0.29) is 17.2 Å². The number of aromatic nitrogens is 4. The summed E-state index contributed by atoms with van der Waals surface area (Å²) in [6.45, 7) is 1.86. The number of rotatable bonds is 8. The summed E-state index contributed by atoms with van der Waals surface area (Å²) < 4.78 is 6.19. The second kappa shape index (κ2) is 12.1. The van der Waals surface area contributed by atoms with E-state index in [1.165, 1.54) is 23.1 Å². The molecule has 42 heavy (non-hydrogen) atoms. The predicted octanol–water partition coefficient (Wildman–Crippen LogP) is 8.13. The van der Waals surface area contributed by atoms with Crippen molar-refractivity contribution < 1.29 is 4.79 Å². The Morgan fingerprint density at radius 1 is 0.976 bits per heavy atom. The van der Waals surface area contributed by atoms with E-state index in [0.29, 0.717) is 32.8 Å². The molecule has 0 unspecified atom stereocenters. The van der Waals surface area contributed by atoms with Gasteiger partial charge in [0, 0.05) is 17.2 Å². The molecule has 0 saturated heterocycles. The van der Waals surface area contributed by atoms with Gasteiger partial charge in [0.1, 0.15) is 5.69 Å². The molecule has 9 nitrogen and oxygen atoms in total. The van der Waals surface area contributed by atoms with Gasteiger partial charge in [0.15, 0.2) is 14.5 Å². The Kier molecular flexibility index (Phi) is 8.16. The van der Waals surface area contributed by atoms with Crippen molar-refractivity contribution >= 4 is 82.3 Å². The summed E-state index contributed by atoms with van der Waals surface area (Å²) in [5, 5.41) is 12.5. The van der Waals surface area contributed by atoms with Crippen molar-refractivity contribution in [1.29, 1.82) is 0 Å². The Morgan fingerprint density at radius 3 is 2.48 bits per heavy atom. The summed E-state index contributed by atoms with van der Waals surface area (Å²) in [6, 6.07) is 24.7. The number of anilines is 1. The van der Waals surface area contributed by atoms with E-state index in [4.69, 9.17) is 0 Å². The molecule has 3 aromatic heterocycles. The highest BCUT2D eigenvalue weighted by atomic mass is 79.9. The highest BCUT2D eigenvalue weighted by Gasteiger charge is 2.24. The van der Waals surface area contributed by atoms with E-state index in [9.17, 15) is 9.59 Å². The number of amides is 1. The average Bonchev–Trinajstić information content (AvgIpc) is 3.65. The van der Waals surface area contributed by atoms with Crippen LogP contribution in [0.25, 0.3) is 27.2 Å². The molecule has 1 N–H and O–H groups in total. The van der Waals surface area contributed by atoms with E-state index < -0.39 is 0 Å². The van der Waals surface area contributed by atoms with Gasteiger partial charge in [0.25, 0.3) is 5.56 Å². The number of para-hydroxylation sites is 2. The maximum atomic E-state index is 13.8.